The number of methoxy groups -OCH3 is 1. The molecule has 2 aromatic heterocycles. The summed E-state index contributed by atoms with van der Waals surface area (Å²) in [5.74, 6) is 0.829. The molecule has 3 aromatic rings. The average molecular weight is 537 g/mol. The van der Waals surface area contributed by atoms with Crippen molar-refractivity contribution < 1.29 is 22.6 Å². The minimum Gasteiger partial charge on any atom is -0.494 e. The molecule has 2 heterocycles. The highest BCUT2D eigenvalue weighted by Crippen LogP contribution is 2.35. The summed E-state index contributed by atoms with van der Waals surface area (Å²) in [5, 5.41) is 0. The molecule has 1 saturated carbocycles. The van der Waals surface area contributed by atoms with Crippen molar-refractivity contribution in [1.29, 1.82) is 0 Å². The van der Waals surface area contributed by atoms with E-state index in [2.05, 4.69) is 45.3 Å². The van der Waals surface area contributed by atoms with Crippen LogP contribution in [-0.4, -0.2) is 54.7 Å². The van der Waals surface area contributed by atoms with Crippen LogP contribution in [0.4, 0.5) is 5.82 Å². The molecule has 0 bridgehead atoms. The maximum atomic E-state index is 12.5. The van der Waals surface area contributed by atoms with Crippen LogP contribution in [0.2, 0.25) is 0 Å². The summed E-state index contributed by atoms with van der Waals surface area (Å²) in [5.41, 5.74) is 1.09. The van der Waals surface area contributed by atoms with E-state index < -0.39 is 10.2 Å². The topological polar surface area (TPSA) is 137 Å². The molecule has 0 unspecified atom stereocenters. The number of ether oxygens (including phenoxy) is 3. The first-order valence-corrected chi connectivity index (χ1v) is 12.2. The standard InChI is InChI=1S/C20H21BrN6O5S/c1-30-16-10-22-20(23-11-16)32-9-8-31-19-17(13-2-4-14(21)5-3-13)18(24-12-25-19)27-33(28,29)26-15-6-7-15/h2-5,10-12,15,26H,6-9H2,1H3,(H,24,25,27). The lowest BCUT2D eigenvalue weighted by Gasteiger charge is -2.15. The zero-order chi connectivity index (χ0) is 23.3. The first kappa shape index (κ1) is 23.1. The maximum absolute atomic E-state index is 12.5. The van der Waals surface area contributed by atoms with Crippen molar-refractivity contribution in [3.05, 3.63) is 47.5 Å². The van der Waals surface area contributed by atoms with Crippen molar-refractivity contribution in [2.75, 3.05) is 25.0 Å². The zero-order valence-electron chi connectivity index (χ0n) is 17.6. The lowest BCUT2D eigenvalue weighted by molar-refractivity contribution is 0.201. The fraction of sp³-hybridized carbons (Fsp3) is 0.300. The third kappa shape index (κ3) is 6.49. The van der Waals surface area contributed by atoms with Crippen LogP contribution in [0.15, 0.2) is 47.5 Å². The highest BCUT2D eigenvalue weighted by molar-refractivity contribution is 9.10. The molecular formula is C20H21BrN6O5S. The normalized spacial score (nSPS) is 13.4. The van der Waals surface area contributed by atoms with E-state index in [0.29, 0.717) is 16.9 Å². The van der Waals surface area contributed by atoms with Gasteiger partial charge in [-0.15, -0.1) is 0 Å². The van der Waals surface area contributed by atoms with Gasteiger partial charge in [0.25, 0.3) is 0 Å². The fourth-order valence-electron chi connectivity index (χ4n) is 2.77. The van der Waals surface area contributed by atoms with Gasteiger partial charge < -0.3 is 14.2 Å². The minimum atomic E-state index is -3.80. The Bertz CT molecular complexity index is 1190. The van der Waals surface area contributed by atoms with Crippen LogP contribution < -0.4 is 23.7 Å². The molecule has 13 heteroatoms. The van der Waals surface area contributed by atoms with Crippen molar-refractivity contribution in [1.82, 2.24) is 24.7 Å². The highest BCUT2D eigenvalue weighted by atomic mass is 79.9. The van der Waals surface area contributed by atoms with E-state index in [1.165, 1.54) is 25.8 Å². The molecule has 4 rings (SSSR count). The quantitative estimate of drug-likeness (QED) is 0.354. The number of nitrogens with zero attached hydrogens (tertiary/aromatic N) is 4. The zero-order valence-corrected chi connectivity index (χ0v) is 20.0. The van der Waals surface area contributed by atoms with Gasteiger partial charge >= 0.3 is 16.2 Å². The maximum Gasteiger partial charge on any atom is 0.316 e. The van der Waals surface area contributed by atoms with Gasteiger partial charge in [0.1, 0.15) is 19.5 Å². The number of nitrogens with one attached hydrogen (secondary N) is 2. The summed E-state index contributed by atoms with van der Waals surface area (Å²) in [6.45, 7) is 0.253. The second-order valence-corrected chi connectivity index (χ2v) is 9.37. The minimum absolute atomic E-state index is 0.0477. The molecule has 2 N–H and O–H groups in total. The molecular weight excluding hydrogens is 516 g/mol. The summed E-state index contributed by atoms with van der Waals surface area (Å²) in [7, 11) is -2.28. The second kappa shape index (κ2) is 10.3. The van der Waals surface area contributed by atoms with Gasteiger partial charge in [0.2, 0.25) is 5.88 Å². The van der Waals surface area contributed by atoms with Crippen LogP contribution in [0.3, 0.4) is 0 Å². The Morgan fingerprint density at radius 2 is 1.73 bits per heavy atom. The van der Waals surface area contributed by atoms with Crippen molar-refractivity contribution in [2.45, 2.75) is 18.9 Å². The third-order valence-corrected chi connectivity index (χ3v) is 6.10. The molecule has 1 aromatic carbocycles. The first-order chi connectivity index (χ1) is 15.9. The molecule has 174 valence electrons. The van der Waals surface area contributed by atoms with Gasteiger partial charge in [-0.3, -0.25) is 4.72 Å². The summed E-state index contributed by atoms with van der Waals surface area (Å²) in [4.78, 5) is 16.4. The molecule has 0 aliphatic heterocycles. The van der Waals surface area contributed by atoms with E-state index in [9.17, 15) is 8.42 Å². The number of rotatable bonds is 11. The van der Waals surface area contributed by atoms with Crippen LogP contribution in [-0.2, 0) is 10.2 Å². The molecule has 0 saturated heterocycles. The Balaban J connectivity index is 1.51. The number of hydrogen-bond donors (Lipinski definition) is 2. The van der Waals surface area contributed by atoms with Gasteiger partial charge in [0.15, 0.2) is 11.6 Å². The number of aromatic nitrogens is 4. The number of halogens is 1. The largest absolute Gasteiger partial charge is 0.494 e. The Kier molecular flexibility index (Phi) is 7.20. The van der Waals surface area contributed by atoms with E-state index in [1.54, 1.807) is 0 Å². The van der Waals surface area contributed by atoms with Crippen LogP contribution in [0.1, 0.15) is 12.8 Å². The smallest absolute Gasteiger partial charge is 0.316 e. The van der Waals surface area contributed by atoms with Crippen molar-refractivity contribution in [3.8, 4) is 28.8 Å². The van der Waals surface area contributed by atoms with Gasteiger partial charge in [-0.2, -0.15) is 23.1 Å². The SMILES string of the molecule is COc1cnc(OCCOc2ncnc(NS(=O)(=O)NC3CC3)c2-c2ccc(Br)cc2)nc1. The van der Waals surface area contributed by atoms with Gasteiger partial charge in [-0.05, 0) is 30.5 Å². The molecule has 0 spiro atoms. The van der Waals surface area contributed by atoms with Gasteiger partial charge in [0, 0.05) is 10.5 Å². The molecule has 11 nitrogen and oxygen atoms in total. The van der Waals surface area contributed by atoms with Crippen LogP contribution in [0.25, 0.3) is 11.1 Å². The lowest BCUT2D eigenvalue weighted by Crippen LogP contribution is -2.32. The van der Waals surface area contributed by atoms with E-state index in [4.69, 9.17) is 14.2 Å². The lowest BCUT2D eigenvalue weighted by atomic mass is 10.1. The van der Waals surface area contributed by atoms with Crippen molar-refractivity contribution in [3.63, 3.8) is 0 Å². The van der Waals surface area contributed by atoms with Crippen LogP contribution in [0, 0.1) is 0 Å². The summed E-state index contributed by atoms with van der Waals surface area (Å²) >= 11 is 3.40. The molecule has 0 atom stereocenters. The molecule has 33 heavy (non-hydrogen) atoms. The Labute approximate surface area is 199 Å². The summed E-state index contributed by atoms with van der Waals surface area (Å²) in [6.07, 6.45) is 5.85. The molecule has 0 amide bonds. The van der Waals surface area contributed by atoms with E-state index >= 15 is 0 Å². The average Bonchev–Trinajstić information content (AvgIpc) is 3.61. The first-order valence-electron chi connectivity index (χ1n) is 9.96. The van der Waals surface area contributed by atoms with E-state index in [1.807, 2.05) is 24.3 Å². The van der Waals surface area contributed by atoms with E-state index in [-0.39, 0.29) is 37.0 Å². The number of hydrogen-bond acceptors (Lipinski definition) is 9. The predicted octanol–water partition coefficient (Wildman–Crippen LogP) is 2.57. The molecule has 1 fully saturated rings. The third-order valence-electron chi connectivity index (χ3n) is 4.47. The fourth-order valence-corrected chi connectivity index (χ4v) is 4.17. The van der Waals surface area contributed by atoms with Crippen molar-refractivity contribution in [2.24, 2.45) is 0 Å². The molecule has 1 aliphatic rings. The Morgan fingerprint density at radius 1 is 1.03 bits per heavy atom. The highest BCUT2D eigenvalue weighted by Gasteiger charge is 2.28. The van der Waals surface area contributed by atoms with Gasteiger partial charge in [-0.1, -0.05) is 28.1 Å². The Hall–Kier alpha value is -3.03. The van der Waals surface area contributed by atoms with Crippen LogP contribution >= 0.6 is 15.9 Å². The summed E-state index contributed by atoms with van der Waals surface area (Å²) in [6, 6.07) is 7.41. The monoisotopic (exact) mass is 536 g/mol. The second-order valence-electron chi connectivity index (χ2n) is 7.01. The van der Waals surface area contributed by atoms with E-state index in [0.717, 1.165) is 17.3 Å². The summed E-state index contributed by atoms with van der Waals surface area (Å²) < 4.78 is 47.2. The van der Waals surface area contributed by atoms with Crippen LogP contribution in [0.5, 0.6) is 17.6 Å². The van der Waals surface area contributed by atoms with Crippen molar-refractivity contribution >= 4 is 32.0 Å². The molecule has 0 radical (unpaired) electrons. The Morgan fingerprint density at radius 3 is 2.39 bits per heavy atom. The molecule has 1 aliphatic carbocycles. The number of anilines is 1. The van der Waals surface area contributed by atoms with Gasteiger partial charge in [0.05, 0.1) is 25.1 Å². The number of benzene rings is 1. The van der Waals surface area contributed by atoms with Gasteiger partial charge in [-0.25, -0.2) is 9.97 Å². The predicted molar refractivity (Wildman–Crippen MR) is 123 cm³/mol.